The number of hydrogen-bond donors (Lipinski definition) is 1. The SMILES string of the molecule is O=C(Nc1ncnc2c1N=C[N]2)Oc1ccccc1. The monoisotopic (exact) mass is 254 g/mol. The minimum atomic E-state index is -0.644. The van der Waals surface area contributed by atoms with E-state index in [1.54, 1.807) is 24.3 Å². The van der Waals surface area contributed by atoms with Crippen molar-refractivity contribution in [3.05, 3.63) is 36.7 Å². The number of amides is 1. The molecule has 7 heteroatoms. The maximum Gasteiger partial charge on any atom is 0.418 e. The molecule has 0 spiro atoms. The fraction of sp³-hybridized carbons (Fsp3) is 0. The third-order valence-electron chi connectivity index (χ3n) is 2.34. The van der Waals surface area contributed by atoms with Crippen molar-refractivity contribution in [1.29, 1.82) is 0 Å². The maximum atomic E-state index is 11.7. The summed E-state index contributed by atoms with van der Waals surface area (Å²) in [7, 11) is 0. The topological polar surface area (TPSA) is 90.6 Å². The summed E-state index contributed by atoms with van der Waals surface area (Å²) in [5.74, 6) is 1.13. The van der Waals surface area contributed by atoms with Gasteiger partial charge in [-0.1, -0.05) is 18.2 Å². The number of nitrogens with zero attached hydrogens (tertiary/aromatic N) is 4. The first-order valence-corrected chi connectivity index (χ1v) is 5.45. The maximum absolute atomic E-state index is 11.7. The summed E-state index contributed by atoms with van der Waals surface area (Å²) in [6, 6.07) is 8.73. The van der Waals surface area contributed by atoms with Crippen LogP contribution in [-0.4, -0.2) is 22.4 Å². The highest BCUT2D eigenvalue weighted by Crippen LogP contribution is 2.32. The Morgan fingerprint density at radius 1 is 1.16 bits per heavy atom. The largest absolute Gasteiger partial charge is 0.418 e. The second-order valence-corrected chi connectivity index (χ2v) is 3.60. The first kappa shape index (κ1) is 11.1. The van der Waals surface area contributed by atoms with Crippen LogP contribution < -0.4 is 15.4 Å². The lowest BCUT2D eigenvalue weighted by molar-refractivity contribution is 0.215. The molecule has 7 nitrogen and oxygen atoms in total. The van der Waals surface area contributed by atoms with Crippen molar-refractivity contribution < 1.29 is 9.53 Å². The molecule has 3 rings (SSSR count). The number of benzene rings is 1. The number of hydrogen-bond acceptors (Lipinski definition) is 5. The summed E-state index contributed by atoms with van der Waals surface area (Å²) in [5.41, 5.74) is 0.424. The average Bonchev–Trinajstić information content (AvgIpc) is 2.89. The van der Waals surface area contributed by atoms with Gasteiger partial charge in [-0.05, 0) is 12.1 Å². The summed E-state index contributed by atoms with van der Waals surface area (Å²) in [6.45, 7) is 0. The second-order valence-electron chi connectivity index (χ2n) is 3.60. The zero-order valence-corrected chi connectivity index (χ0v) is 9.65. The molecule has 2 aromatic rings. The minimum absolute atomic E-state index is 0.267. The molecule has 1 aliphatic heterocycles. The Bertz CT molecular complexity index is 642. The Labute approximate surface area is 108 Å². The molecule has 1 radical (unpaired) electrons. The van der Waals surface area contributed by atoms with Crippen molar-refractivity contribution in [2.24, 2.45) is 4.99 Å². The Balaban J connectivity index is 1.74. The van der Waals surface area contributed by atoms with Crippen LogP contribution in [0.1, 0.15) is 0 Å². The van der Waals surface area contributed by atoms with Crippen molar-refractivity contribution in [3.8, 4) is 5.75 Å². The molecule has 0 aliphatic carbocycles. The quantitative estimate of drug-likeness (QED) is 0.887. The molecule has 93 valence electrons. The predicted octanol–water partition coefficient (Wildman–Crippen LogP) is 2.00. The van der Waals surface area contributed by atoms with Crippen LogP contribution in [0.2, 0.25) is 0 Å². The van der Waals surface area contributed by atoms with Crippen LogP contribution in [0, 0.1) is 0 Å². The van der Waals surface area contributed by atoms with Gasteiger partial charge in [-0.3, -0.25) is 5.32 Å². The Hall–Kier alpha value is -2.96. The van der Waals surface area contributed by atoms with E-state index in [1.807, 2.05) is 6.07 Å². The van der Waals surface area contributed by atoms with Crippen LogP contribution >= 0.6 is 0 Å². The number of carbonyl (C=O) groups excluding carboxylic acids is 1. The van der Waals surface area contributed by atoms with Crippen LogP contribution in [0.4, 0.5) is 22.1 Å². The number of nitrogens with one attached hydrogen (secondary N) is 1. The Kier molecular flexibility index (Phi) is 2.77. The van der Waals surface area contributed by atoms with Crippen LogP contribution in [0.15, 0.2) is 41.7 Å². The molecule has 2 heterocycles. The second kappa shape index (κ2) is 4.73. The van der Waals surface area contributed by atoms with Crippen LogP contribution in [0.3, 0.4) is 0 Å². The molecule has 1 aliphatic rings. The van der Waals surface area contributed by atoms with Gasteiger partial charge in [0.15, 0.2) is 17.3 Å². The third kappa shape index (κ3) is 2.34. The number of aromatic nitrogens is 2. The highest BCUT2D eigenvalue weighted by atomic mass is 16.6. The van der Waals surface area contributed by atoms with Crippen molar-refractivity contribution in [1.82, 2.24) is 15.3 Å². The Morgan fingerprint density at radius 2 is 2.00 bits per heavy atom. The van der Waals surface area contributed by atoms with Gasteiger partial charge in [0.25, 0.3) is 0 Å². The summed E-state index contributed by atoms with van der Waals surface area (Å²) in [5, 5.41) is 6.42. The molecular formula is C12H8N5O2. The predicted molar refractivity (Wildman–Crippen MR) is 68.1 cm³/mol. The number of para-hydroxylation sites is 1. The number of rotatable bonds is 2. The van der Waals surface area contributed by atoms with Gasteiger partial charge in [0.1, 0.15) is 18.4 Å². The van der Waals surface area contributed by atoms with E-state index in [-0.39, 0.29) is 5.82 Å². The molecule has 1 amide bonds. The van der Waals surface area contributed by atoms with Crippen LogP contribution in [-0.2, 0) is 0 Å². The van der Waals surface area contributed by atoms with Crippen molar-refractivity contribution >= 4 is 29.8 Å². The molecule has 0 saturated carbocycles. The van der Waals surface area contributed by atoms with Crippen molar-refractivity contribution in [2.45, 2.75) is 0 Å². The van der Waals surface area contributed by atoms with Gasteiger partial charge in [0.05, 0.1) is 0 Å². The molecular weight excluding hydrogens is 246 g/mol. The molecule has 1 aromatic carbocycles. The fourth-order valence-corrected chi connectivity index (χ4v) is 1.53. The summed E-state index contributed by atoms with van der Waals surface area (Å²) in [6.07, 6.45) is 2.01. The number of fused-ring (bicyclic) bond motifs is 1. The standard InChI is InChI=1S/C12H8N5O2/c18-12(19-8-4-2-1-3-5-8)17-11-9-10(14-6-13-9)15-7-16-11/h1-7H,(H,15,16,17,18). The molecule has 1 N–H and O–H groups in total. The lowest BCUT2D eigenvalue weighted by Crippen LogP contribution is -2.17. The van der Waals surface area contributed by atoms with E-state index < -0.39 is 6.09 Å². The molecule has 0 saturated heterocycles. The van der Waals surface area contributed by atoms with Gasteiger partial charge in [-0.15, -0.1) is 0 Å². The van der Waals surface area contributed by atoms with Gasteiger partial charge in [-0.2, -0.15) is 0 Å². The summed E-state index contributed by atoms with van der Waals surface area (Å²) >= 11 is 0. The number of anilines is 1. The zero-order valence-electron chi connectivity index (χ0n) is 9.65. The first-order valence-electron chi connectivity index (χ1n) is 5.45. The highest BCUT2D eigenvalue weighted by Gasteiger charge is 2.17. The third-order valence-corrected chi connectivity index (χ3v) is 2.34. The molecule has 19 heavy (non-hydrogen) atoms. The van der Waals surface area contributed by atoms with Crippen molar-refractivity contribution in [2.75, 3.05) is 5.32 Å². The first-order chi connectivity index (χ1) is 9.33. The number of carbonyl (C=O) groups is 1. The van der Waals surface area contributed by atoms with E-state index >= 15 is 0 Å². The van der Waals surface area contributed by atoms with E-state index in [9.17, 15) is 4.79 Å². The molecule has 0 unspecified atom stereocenters. The van der Waals surface area contributed by atoms with E-state index in [0.717, 1.165) is 0 Å². The number of ether oxygens (including phenoxy) is 1. The smallest absolute Gasteiger partial charge is 0.410 e. The lowest BCUT2D eigenvalue weighted by atomic mass is 10.3. The van der Waals surface area contributed by atoms with Gasteiger partial charge in [-0.25, -0.2) is 25.1 Å². The Morgan fingerprint density at radius 3 is 2.84 bits per heavy atom. The molecule has 0 fully saturated rings. The molecule has 0 atom stereocenters. The van der Waals surface area contributed by atoms with E-state index in [1.165, 1.54) is 12.7 Å². The molecule has 0 bridgehead atoms. The number of aliphatic imine (C=N–C) groups is 1. The van der Waals surface area contributed by atoms with Gasteiger partial charge in [0.2, 0.25) is 0 Å². The fourth-order valence-electron chi connectivity index (χ4n) is 1.53. The summed E-state index contributed by atoms with van der Waals surface area (Å²) in [4.78, 5) is 23.5. The molecule has 1 aromatic heterocycles. The average molecular weight is 254 g/mol. The minimum Gasteiger partial charge on any atom is -0.410 e. The van der Waals surface area contributed by atoms with Gasteiger partial charge in [0, 0.05) is 0 Å². The van der Waals surface area contributed by atoms with Crippen molar-refractivity contribution in [3.63, 3.8) is 0 Å². The van der Waals surface area contributed by atoms with E-state index in [0.29, 0.717) is 17.3 Å². The normalized spacial score (nSPS) is 11.6. The van der Waals surface area contributed by atoms with E-state index in [4.69, 9.17) is 4.74 Å². The highest BCUT2D eigenvalue weighted by molar-refractivity contribution is 5.93. The summed E-state index contributed by atoms with van der Waals surface area (Å²) < 4.78 is 5.09. The zero-order chi connectivity index (χ0) is 13.1. The van der Waals surface area contributed by atoms with Gasteiger partial charge < -0.3 is 4.74 Å². The van der Waals surface area contributed by atoms with Gasteiger partial charge >= 0.3 is 6.09 Å². The van der Waals surface area contributed by atoms with Crippen LogP contribution in [0.5, 0.6) is 5.75 Å². The van der Waals surface area contributed by atoms with E-state index in [2.05, 4.69) is 25.6 Å². The lowest BCUT2D eigenvalue weighted by Gasteiger charge is -2.07. The van der Waals surface area contributed by atoms with Crippen LogP contribution in [0.25, 0.3) is 0 Å².